The van der Waals surface area contributed by atoms with Crippen LogP contribution in [0.15, 0.2) is 67.0 Å². The molecule has 178 valence electrons. The molecule has 4 aromatic rings. The smallest absolute Gasteiger partial charge is 0.270 e. The number of pyridine rings is 1. The third-order valence-electron chi connectivity index (χ3n) is 5.59. The number of fused-ring (bicyclic) bond motifs is 1. The predicted octanol–water partition coefficient (Wildman–Crippen LogP) is 4.15. The molecule has 0 aliphatic carbocycles. The standard InChI is InChI=1S/C26H26N6O3/c1-2-27-25(33)23-16-20(9-10-28-23)35-19-7-8-21-18(15-19)17-29-26(30-21)31-22-5-3-4-6-24(22)32-11-13-34-14-12-32/h3-10,15-17H,2,11-14H2,1H3,(H,27,33)(H,29,30,31). The lowest BCUT2D eigenvalue weighted by Crippen LogP contribution is -2.36. The summed E-state index contributed by atoms with van der Waals surface area (Å²) in [4.78, 5) is 27.6. The average Bonchev–Trinajstić information content (AvgIpc) is 2.90. The summed E-state index contributed by atoms with van der Waals surface area (Å²) < 4.78 is 11.4. The number of aromatic nitrogens is 3. The molecule has 1 aliphatic heterocycles. The molecule has 9 heteroatoms. The lowest BCUT2D eigenvalue weighted by molar-refractivity contribution is 0.0950. The zero-order valence-corrected chi connectivity index (χ0v) is 19.4. The van der Waals surface area contributed by atoms with Gasteiger partial charge in [-0.1, -0.05) is 12.1 Å². The van der Waals surface area contributed by atoms with Crippen molar-refractivity contribution in [1.29, 1.82) is 0 Å². The van der Waals surface area contributed by atoms with E-state index in [1.807, 2.05) is 43.3 Å². The normalized spacial score (nSPS) is 13.5. The molecule has 3 heterocycles. The van der Waals surface area contributed by atoms with Gasteiger partial charge >= 0.3 is 0 Å². The van der Waals surface area contributed by atoms with E-state index in [2.05, 4.69) is 36.6 Å². The minimum atomic E-state index is -0.236. The van der Waals surface area contributed by atoms with Crippen LogP contribution in [0.3, 0.4) is 0 Å². The van der Waals surface area contributed by atoms with Crippen LogP contribution in [0.25, 0.3) is 10.9 Å². The van der Waals surface area contributed by atoms with Gasteiger partial charge in [0.25, 0.3) is 5.91 Å². The van der Waals surface area contributed by atoms with E-state index in [9.17, 15) is 4.79 Å². The topological polar surface area (TPSA) is 102 Å². The number of anilines is 3. The number of hydrogen-bond donors (Lipinski definition) is 2. The Kier molecular flexibility index (Phi) is 6.67. The molecule has 1 aliphatic rings. The highest BCUT2D eigenvalue weighted by molar-refractivity contribution is 5.92. The van der Waals surface area contributed by atoms with Crippen molar-refractivity contribution in [3.05, 3.63) is 72.7 Å². The van der Waals surface area contributed by atoms with Gasteiger partial charge in [-0.05, 0) is 43.3 Å². The molecule has 9 nitrogen and oxygen atoms in total. The molecule has 2 aromatic carbocycles. The van der Waals surface area contributed by atoms with Gasteiger partial charge in [0.05, 0.1) is 30.1 Å². The van der Waals surface area contributed by atoms with Crippen molar-refractivity contribution in [3.63, 3.8) is 0 Å². The SMILES string of the molecule is CCNC(=O)c1cc(Oc2ccc3nc(Nc4ccccc4N4CCOCC4)ncc3c2)ccn1. The van der Waals surface area contributed by atoms with Crippen molar-refractivity contribution >= 4 is 34.1 Å². The van der Waals surface area contributed by atoms with Crippen molar-refractivity contribution < 1.29 is 14.3 Å². The first-order valence-corrected chi connectivity index (χ1v) is 11.6. The molecule has 0 saturated carbocycles. The number of benzene rings is 2. The number of para-hydroxylation sites is 2. The van der Waals surface area contributed by atoms with Gasteiger partial charge in [-0.25, -0.2) is 9.97 Å². The molecule has 0 radical (unpaired) electrons. The van der Waals surface area contributed by atoms with Crippen molar-refractivity contribution in [3.8, 4) is 11.5 Å². The Bertz CT molecular complexity index is 1340. The number of rotatable bonds is 7. The number of nitrogens with one attached hydrogen (secondary N) is 2. The van der Waals surface area contributed by atoms with E-state index in [0.29, 0.717) is 29.7 Å². The van der Waals surface area contributed by atoms with E-state index >= 15 is 0 Å². The fraction of sp³-hybridized carbons (Fsp3) is 0.231. The van der Waals surface area contributed by atoms with Crippen LogP contribution in [-0.4, -0.2) is 53.7 Å². The zero-order valence-electron chi connectivity index (χ0n) is 19.4. The number of carbonyl (C=O) groups is 1. The molecule has 0 spiro atoms. The number of nitrogens with zero attached hydrogens (tertiary/aromatic N) is 4. The first-order chi connectivity index (χ1) is 17.2. The van der Waals surface area contributed by atoms with Crippen LogP contribution in [0, 0.1) is 0 Å². The van der Waals surface area contributed by atoms with Gasteiger partial charge in [0.2, 0.25) is 5.95 Å². The summed E-state index contributed by atoms with van der Waals surface area (Å²) in [5, 5.41) is 6.94. The summed E-state index contributed by atoms with van der Waals surface area (Å²) in [5.41, 5.74) is 3.15. The van der Waals surface area contributed by atoms with Gasteiger partial charge in [-0.3, -0.25) is 9.78 Å². The Labute approximate surface area is 203 Å². The maximum absolute atomic E-state index is 12.0. The Balaban J connectivity index is 1.33. The number of amides is 1. The second-order valence-corrected chi connectivity index (χ2v) is 7.99. The molecule has 2 N–H and O–H groups in total. The van der Waals surface area contributed by atoms with Crippen LogP contribution >= 0.6 is 0 Å². The summed E-state index contributed by atoms with van der Waals surface area (Å²) in [6.45, 7) is 5.53. The first-order valence-electron chi connectivity index (χ1n) is 11.6. The molecular formula is C26H26N6O3. The Hall–Kier alpha value is -4.24. The molecule has 1 amide bonds. The summed E-state index contributed by atoms with van der Waals surface area (Å²) in [5.74, 6) is 1.43. The number of ether oxygens (including phenoxy) is 2. The number of carbonyl (C=O) groups excluding carboxylic acids is 1. The van der Waals surface area contributed by atoms with Crippen molar-refractivity contribution in [2.24, 2.45) is 0 Å². The molecule has 35 heavy (non-hydrogen) atoms. The number of morpholine rings is 1. The van der Waals surface area contributed by atoms with Crippen molar-refractivity contribution in [2.75, 3.05) is 43.1 Å². The van der Waals surface area contributed by atoms with Crippen LogP contribution in [0.4, 0.5) is 17.3 Å². The average molecular weight is 471 g/mol. The van der Waals surface area contributed by atoms with Crippen LogP contribution in [0.5, 0.6) is 11.5 Å². The molecule has 2 aromatic heterocycles. The van der Waals surface area contributed by atoms with Crippen molar-refractivity contribution in [1.82, 2.24) is 20.3 Å². The van der Waals surface area contributed by atoms with Crippen LogP contribution in [-0.2, 0) is 4.74 Å². The third kappa shape index (κ3) is 5.30. The van der Waals surface area contributed by atoms with E-state index < -0.39 is 0 Å². The second kappa shape index (κ2) is 10.4. The summed E-state index contributed by atoms with van der Waals surface area (Å²) >= 11 is 0. The van der Waals surface area contributed by atoms with Gasteiger partial charge in [0.1, 0.15) is 17.2 Å². The predicted molar refractivity (Wildman–Crippen MR) is 135 cm³/mol. The second-order valence-electron chi connectivity index (χ2n) is 7.99. The van der Waals surface area contributed by atoms with E-state index in [0.717, 1.165) is 48.6 Å². The van der Waals surface area contributed by atoms with E-state index in [1.54, 1.807) is 24.5 Å². The zero-order chi connectivity index (χ0) is 24.0. The fourth-order valence-corrected chi connectivity index (χ4v) is 3.90. The van der Waals surface area contributed by atoms with Gasteiger partial charge < -0.3 is 25.0 Å². The maximum Gasteiger partial charge on any atom is 0.270 e. The van der Waals surface area contributed by atoms with Crippen LogP contribution < -0.4 is 20.3 Å². The molecule has 1 saturated heterocycles. The Morgan fingerprint density at radius 1 is 1.06 bits per heavy atom. The highest BCUT2D eigenvalue weighted by Gasteiger charge is 2.15. The quantitative estimate of drug-likeness (QED) is 0.415. The molecule has 0 unspecified atom stereocenters. The minimum Gasteiger partial charge on any atom is -0.457 e. The molecule has 5 rings (SSSR count). The summed E-state index contributed by atoms with van der Waals surface area (Å²) in [6, 6.07) is 17.1. The summed E-state index contributed by atoms with van der Waals surface area (Å²) in [7, 11) is 0. The first kappa shape index (κ1) is 22.5. The van der Waals surface area contributed by atoms with Gasteiger partial charge in [0.15, 0.2) is 0 Å². The largest absolute Gasteiger partial charge is 0.457 e. The van der Waals surface area contributed by atoms with Gasteiger partial charge in [-0.2, -0.15) is 0 Å². The molecular weight excluding hydrogens is 444 g/mol. The van der Waals surface area contributed by atoms with Gasteiger partial charge in [-0.15, -0.1) is 0 Å². The third-order valence-corrected chi connectivity index (χ3v) is 5.59. The monoisotopic (exact) mass is 470 g/mol. The van der Waals surface area contributed by atoms with E-state index in [4.69, 9.17) is 9.47 Å². The highest BCUT2D eigenvalue weighted by atomic mass is 16.5. The lowest BCUT2D eigenvalue weighted by Gasteiger charge is -2.30. The fourth-order valence-electron chi connectivity index (χ4n) is 3.90. The Morgan fingerprint density at radius 2 is 1.89 bits per heavy atom. The Morgan fingerprint density at radius 3 is 2.74 bits per heavy atom. The maximum atomic E-state index is 12.0. The minimum absolute atomic E-state index is 0.236. The van der Waals surface area contributed by atoms with E-state index in [1.165, 1.54) is 0 Å². The molecule has 1 fully saturated rings. The van der Waals surface area contributed by atoms with Crippen LogP contribution in [0.1, 0.15) is 17.4 Å². The molecule has 0 atom stereocenters. The van der Waals surface area contributed by atoms with Gasteiger partial charge in [0, 0.05) is 43.5 Å². The van der Waals surface area contributed by atoms with Crippen LogP contribution in [0.2, 0.25) is 0 Å². The lowest BCUT2D eigenvalue weighted by atomic mass is 10.2. The summed E-state index contributed by atoms with van der Waals surface area (Å²) in [6.07, 6.45) is 3.32. The highest BCUT2D eigenvalue weighted by Crippen LogP contribution is 2.30. The molecule has 0 bridgehead atoms. The van der Waals surface area contributed by atoms with Crippen molar-refractivity contribution in [2.45, 2.75) is 6.92 Å². The number of hydrogen-bond acceptors (Lipinski definition) is 8. The van der Waals surface area contributed by atoms with E-state index in [-0.39, 0.29) is 5.91 Å².